The van der Waals surface area contributed by atoms with Gasteiger partial charge in [-0.1, -0.05) is 18.2 Å². The molecule has 3 aromatic carbocycles. The predicted octanol–water partition coefficient (Wildman–Crippen LogP) is 3.88. The van der Waals surface area contributed by atoms with E-state index in [9.17, 15) is 15.2 Å². The summed E-state index contributed by atoms with van der Waals surface area (Å²) in [6.07, 6.45) is -0.907. The SMILES string of the molecule is COCOc1ccc([N+](=O)[O-])c(C[C@@H](O)c2ccc3ccc(C#N)cc3c2)c1. The number of nitro groups is 1. The molecule has 0 saturated carbocycles. The molecule has 0 amide bonds. The number of rotatable bonds is 7. The van der Waals surface area contributed by atoms with Crippen LogP contribution in [0.3, 0.4) is 0 Å². The lowest BCUT2D eigenvalue weighted by atomic mass is 9.97. The lowest BCUT2D eigenvalue weighted by molar-refractivity contribution is -0.385. The van der Waals surface area contributed by atoms with Crippen molar-refractivity contribution in [2.75, 3.05) is 13.9 Å². The quantitative estimate of drug-likeness (QED) is 0.380. The van der Waals surface area contributed by atoms with Crippen LogP contribution < -0.4 is 4.74 Å². The monoisotopic (exact) mass is 378 g/mol. The van der Waals surface area contributed by atoms with Gasteiger partial charge in [-0.05, 0) is 46.7 Å². The summed E-state index contributed by atoms with van der Waals surface area (Å²) in [5, 5.41) is 32.8. The second-order valence-electron chi connectivity index (χ2n) is 6.25. The van der Waals surface area contributed by atoms with Crippen LogP contribution in [-0.2, 0) is 11.2 Å². The van der Waals surface area contributed by atoms with E-state index in [0.29, 0.717) is 22.4 Å². The summed E-state index contributed by atoms with van der Waals surface area (Å²) < 4.78 is 10.2. The molecule has 0 saturated heterocycles. The topological polar surface area (TPSA) is 106 Å². The van der Waals surface area contributed by atoms with Gasteiger partial charge in [-0.15, -0.1) is 0 Å². The summed E-state index contributed by atoms with van der Waals surface area (Å²) in [5.74, 6) is 0.423. The van der Waals surface area contributed by atoms with Crippen molar-refractivity contribution in [2.45, 2.75) is 12.5 Å². The van der Waals surface area contributed by atoms with Crippen LogP contribution >= 0.6 is 0 Å². The van der Waals surface area contributed by atoms with Crippen molar-refractivity contribution in [3.8, 4) is 11.8 Å². The highest BCUT2D eigenvalue weighted by molar-refractivity contribution is 5.84. The smallest absolute Gasteiger partial charge is 0.272 e. The molecule has 0 aromatic heterocycles. The number of methoxy groups -OCH3 is 1. The number of ether oxygens (including phenoxy) is 2. The minimum Gasteiger partial charge on any atom is -0.468 e. The Labute approximate surface area is 161 Å². The highest BCUT2D eigenvalue weighted by Gasteiger charge is 2.19. The van der Waals surface area contributed by atoms with Gasteiger partial charge < -0.3 is 14.6 Å². The average molecular weight is 378 g/mol. The van der Waals surface area contributed by atoms with E-state index in [1.54, 1.807) is 24.3 Å². The molecule has 7 nitrogen and oxygen atoms in total. The first kappa shape index (κ1) is 19.3. The zero-order valence-corrected chi connectivity index (χ0v) is 15.2. The Morgan fingerprint density at radius 1 is 1.14 bits per heavy atom. The van der Waals surface area contributed by atoms with E-state index in [1.807, 2.05) is 12.1 Å². The van der Waals surface area contributed by atoms with Gasteiger partial charge in [0, 0.05) is 25.2 Å². The number of aliphatic hydroxyl groups excluding tert-OH is 1. The van der Waals surface area contributed by atoms with Crippen LogP contribution in [0, 0.1) is 21.4 Å². The van der Waals surface area contributed by atoms with Gasteiger partial charge in [0.05, 0.1) is 22.7 Å². The number of nitriles is 1. The van der Waals surface area contributed by atoms with Crippen molar-refractivity contribution < 1.29 is 19.5 Å². The van der Waals surface area contributed by atoms with Gasteiger partial charge in [-0.2, -0.15) is 5.26 Å². The Kier molecular flexibility index (Phi) is 5.84. The first-order valence-electron chi connectivity index (χ1n) is 8.52. The van der Waals surface area contributed by atoms with Crippen molar-refractivity contribution in [2.24, 2.45) is 0 Å². The minimum absolute atomic E-state index is 0.0195. The van der Waals surface area contributed by atoms with E-state index in [-0.39, 0.29) is 18.9 Å². The van der Waals surface area contributed by atoms with E-state index in [1.165, 1.54) is 25.3 Å². The Morgan fingerprint density at radius 2 is 1.93 bits per heavy atom. The summed E-state index contributed by atoms with van der Waals surface area (Å²) in [6.45, 7) is 0.0195. The first-order valence-corrected chi connectivity index (χ1v) is 8.52. The van der Waals surface area contributed by atoms with Gasteiger partial charge in [0.15, 0.2) is 6.79 Å². The summed E-state index contributed by atoms with van der Waals surface area (Å²) in [4.78, 5) is 10.9. The number of nitrogens with zero attached hydrogens (tertiary/aromatic N) is 2. The third-order valence-corrected chi connectivity index (χ3v) is 4.38. The van der Waals surface area contributed by atoms with E-state index in [4.69, 9.17) is 14.7 Å². The summed E-state index contributed by atoms with van der Waals surface area (Å²) in [6, 6.07) is 17.2. The number of fused-ring (bicyclic) bond motifs is 1. The van der Waals surface area contributed by atoms with E-state index in [2.05, 4.69) is 6.07 Å². The molecule has 0 fully saturated rings. The fraction of sp³-hybridized carbons (Fsp3) is 0.190. The second kappa shape index (κ2) is 8.48. The largest absolute Gasteiger partial charge is 0.468 e. The first-order chi connectivity index (χ1) is 13.5. The molecule has 28 heavy (non-hydrogen) atoms. The van der Waals surface area contributed by atoms with Crippen molar-refractivity contribution >= 4 is 16.5 Å². The van der Waals surface area contributed by atoms with Crippen LogP contribution in [0.1, 0.15) is 22.8 Å². The Hall–Kier alpha value is -3.47. The minimum atomic E-state index is -0.952. The molecule has 7 heteroatoms. The Bertz CT molecular complexity index is 1060. The zero-order valence-electron chi connectivity index (χ0n) is 15.2. The maximum Gasteiger partial charge on any atom is 0.272 e. The normalized spacial score (nSPS) is 11.8. The van der Waals surface area contributed by atoms with Gasteiger partial charge in [-0.25, -0.2) is 0 Å². The molecule has 1 atom stereocenters. The number of aliphatic hydroxyl groups is 1. The molecule has 0 heterocycles. The van der Waals surface area contributed by atoms with Crippen molar-refractivity contribution in [1.82, 2.24) is 0 Å². The Morgan fingerprint density at radius 3 is 2.64 bits per heavy atom. The summed E-state index contributed by atoms with van der Waals surface area (Å²) >= 11 is 0. The van der Waals surface area contributed by atoms with Gasteiger partial charge >= 0.3 is 0 Å². The van der Waals surface area contributed by atoms with Crippen LogP contribution in [0.4, 0.5) is 5.69 Å². The zero-order chi connectivity index (χ0) is 20.1. The van der Waals surface area contributed by atoms with Crippen molar-refractivity contribution in [1.29, 1.82) is 5.26 Å². The molecule has 0 aliphatic rings. The van der Waals surface area contributed by atoms with Gasteiger partial charge in [0.1, 0.15) is 5.75 Å². The molecule has 0 aliphatic carbocycles. The highest BCUT2D eigenvalue weighted by Crippen LogP contribution is 2.30. The third kappa shape index (κ3) is 4.26. The Balaban J connectivity index is 1.91. The lowest BCUT2D eigenvalue weighted by Crippen LogP contribution is -2.06. The van der Waals surface area contributed by atoms with Crippen LogP contribution in [-0.4, -0.2) is 23.9 Å². The van der Waals surface area contributed by atoms with E-state index >= 15 is 0 Å². The second-order valence-corrected chi connectivity index (χ2v) is 6.25. The molecule has 142 valence electrons. The maximum atomic E-state index is 11.3. The van der Waals surface area contributed by atoms with Gasteiger partial charge in [0.25, 0.3) is 5.69 Å². The molecule has 0 aliphatic heterocycles. The van der Waals surface area contributed by atoms with Crippen molar-refractivity contribution in [3.05, 3.63) is 81.4 Å². The molecule has 1 N–H and O–H groups in total. The van der Waals surface area contributed by atoms with Crippen LogP contribution in [0.2, 0.25) is 0 Å². The number of hydrogen-bond acceptors (Lipinski definition) is 6. The lowest BCUT2D eigenvalue weighted by Gasteiger charge is -2.14. The molecule has 0 radical (unpaired) electrons. The molecule has 3 aromatic rings. The fourth-order valence-corrected chi connectivity index (χ4v) is 2.99. The maximum absolute atomic E-state index is 11.3. The predicted molar refractivity (Wildman–Crippen MR) is 103 cm³/mol. The molecule has 0 bridgehead atoms. The van der Waals surface area contributed by atoms with Crippen LogP contribution in [0.25, 0.3) is 10.8 Å². The standard InChI is InChI=1S/C21H18N2O5/c1-27-13-28-19-6-7-20(23(25)26)18(10-19)11-21(24)16-5-4-15-3-2-14(12-22)8-17(15)9-16/h2-10,21,24H,11,13H2,1H3/t21-/m1/s1. The summed E-state index contributed by atoms with van der Waals surface area (Å²) in [5.41, 5.74) is 1.41. The summed E-state index contributed by atoms with van der Waals surface area (Å²) in [7, 11) is 1.48. The van der Waals surface area contributed by atoms with Crippen LogP contribution in [0.5, 0.6) is 5.75 Å². The molecule has 3 rings (SSSR count). The van der Waals surface area contributed by atoms with Gasteiger partial charge in [0.2, 0.25) is 0 Å². The highest BCUT2D eigenvalue weighted by atomic mass is 16.7. The average Bonchev–Trinajstić information content (AvgIpc) is 2.71. The fourth-order valence-electron chi connectivity index (χ4n) is 2.99. The van der Waals surface area contributed by atoms with Gasteiger partial charge in [-0.3, -0.25) is 10.1 Å². The van der Waals surface area contributed by atoms with Crippen LogP contribution in [0.15, 0.2) is 54.6 Å². The third-order valence-electron chi connectivity index (χ3n) is 4.38. The number of nitro benzene ring substituents is 1. The van der Waals surface area contributed by atoms with E-state index in [0.717, 1.165) is 10.8 Å². The van der Waals surface area contributed by atoms with E-state index < -0.39 is 11.0 Å². The van der Waals surface area contributed by atoms with Crippen molar-refractivity contribution in [3.63, 3.8) is 0 Å². The molecule has 0 unspecified atom stereocenters. The molecular weight excluding hydrogens is 360 g/mol. The number of benzene rings is 3. The molecular formula is C21H18N2O5. The molecule has 0 spiro atoms. The number of hydrogen-bond donors (Lipinski definition) is 1.